The third-order valence-electron chi connectivity index (χ3n) is 3.32. The van der Waals surface area contributed by atoms with Crippen LogP contribution in [0.5, 0.6) is 0 Å². The molecule has 8 heteroatoms. The zero-order valence-electron chi connectivity index (χ0n) is 12.7. The van der Waals surface area contributed by atoms with Crippen LogP contribution in [0.3, 0.4) is 0 Å². The van der Waals surface area contributed by atoms with Crippen molar-refractivity contribution in [2.45, 2.75) is 18.0 Å². The lowest BCUT2D eigenvalue weighted by Crippen LogP contribution is -2.11. The predicted octanol–water partition coefficient (Wildman–Crippen LogP) is 4.13. The summed E-state index contributed by atoms with van der Waals surface area (Å²) >= 11 is 8.96. The Balaban J connectivity index is 1.56. The van der Waals surface area contributed by atoms with E-state index in [-0.39, 0.29) is 5.78 Å². The molecule has 0 atom stereocenters. The number of aromatic nitrogens is 3. The molecule has 3 rings (SSSR count). The number of Topliss-reactive ketones (excluding diaryl/α,β-unsaturated/α-hetero) is 1. The lowest BCUT2D eigenvalue weighted by atomic mass is 10.2. The van der Waals surface area contributed by atoms with Gasteiger partial charge in [-0.3, -0.25) is 4.79 Å². The van der Waals surface area contributed by atoms with Crippen molar-refractivity contribution in [3.8, 4) is 11.4 Å². The Morgan fingerprint density at radius 3 is 2.92 bits per heavy atom. The molecule has 124 valence electrons. The van der Waals surface area contributed by atoms with E-state index in [1.54, 1.807) is 12.1 Å². The van der Waals surface area contributed by atoms with Crippen LogP contribution in [-0.2, 0) is 0 Å². The Hall–Kier alpha value is -1.83. The molecule has 3 aromatic rings. The van der Waals surface area contributed by atoms with E-state index >= 15 is 0 Å². The van der Waals surface area contributed by atoms with Crippen LogP contribution in [0.25, 0.3) is 11.4 Å². The van der Waals surface area contributed by atoms with E-state index in [2.05, 4.69) is 10.2 Å². The van der Waals surface area contributed by atoms with Crippen LogP contribution < -0.4 is 5.84 Å². The minimum atomic E-state index is 0.180. The van der Waals surface area contributed by atoms with Crippen LogP contribution in [0.15, 0.2) is 46.9 Å². The number of nitrogens with two attached hydrogens (primary N) is 1. The first-order chi connectivity index (χ1) is 11.6. The van der Waals surface area contributed by atoms with Gasteiger partial charge >= 0.3 is 0 Å². The van der Waals surface area contributed by atoms with Crippen LogP contribution in [0.4, 0.5) is 0 Å². The SMILES string of the molecule is Nn1c(SCCCC(=O)c2cccs2)nnc1-c1cccc(Cl)c1. The van der Waals surface area contributed by atoms with E-state index in [1.807, 2.05) is 29.6 Å². The van der Waals surface area contributed by atoms with Gasteiger partial charge in [-0.2, -0.15) is 0 Å². The van der Waals surface area contributed by atoms with Gasteiger partial charge < -0.3 is 5.84 Å². The van der Waals surface area contributed by atoms with Crippen LogP contribution >= 0.6 is 34.7 Å². The molecule has 0 aliphatic heterocycles. The number of nitrogen functional groups attached to an aromatic ring is 1. The summed E-state index contributed by atoms with van der Waals surface area (Å²) in [4.78, 5) is 12.7. The van der Waals surface area contributed by atoms with Gasteiger partial charge in [-0.1, -0.05) is 41.6 Å². The van der Waals surface area contributed by atoms with E-state index in [0.29, 0.717) is 22.4 Å². The molecule has 0 aliphatic carbocycles. The third-order valence-corrected chi connectivity index (χ3v) is 5.50. The van der Waals surface area contributed by atoms with Gasteiger partial charge in [-0.05, 0) is 30.0 Å². The molecule has 0 unspecified atom stereocenters. The maximum Gasteiger partial charge on any atom is 0.210 e. The molecule has 24 heavy (non-hydrogen) atoms. The quantitative estimate of drug-likeness (QED) is 0.289. The van der Waals surface area contributed by atoms with Gasteiger partial charge in [0.15, 0.2) is 11.6 Å². The minimum absolute atomic E-state index is 0.180. The number of ketones is 1. The van der Waals surface area contributed by atoms with Gasteiger partial charge in [-0.25, -0.2) is 4.68 Å². The lowest BCUT2D eigenvalue weighted by Gasteiger charge is -2.04. The molecule has 2 N–H and O–H groups in total. The van der Waals surface area contributed by atoms with Crippen molar-refractivity contribution in [2.24, 2.45) is 0 Å². The van der Waals surface area contributed by atoms with Crippen LogP contribution in [0, 0.1) is 0 Å². The standard InChI is InChI=1S/C16H15ClN4OS2/c17-12-5-1-4-11(10-12)15-19-20-16(21(15)18)24-9-2-6-13(22)14-7-3-8-23-14/h1,3-5,7-8,10H,2,6,9,18H2. The van der Waals surface area contributed by atoms with Gasteiger partial charge in [0.2, 0.25) is 5.16 Å². The smallest absolute Gasteiger partial charge is 0.210 e. The Morgan fingerprint density at radius 2 is 2.17 bits per heavy atom. The number of thiophene rings is 1. The number of nitrogens with zero attached hydrogens (tertiary/aromatic N) is 3. The zero-order valence-corrected chi connectivity index (χ0v) is 15.1. The molecule has 0 bridgehead atoms. The maximum absolute atomic E-state index is 11.9. The highest BCUT2D eigenvalue weighted by Gasteiger charge is 2.13. The van der Waals surface area contributed by atoms with E-state index in [9.17, 15) is 4.79 Å². The van der Waals surface area contributed by atoms with Gasteiger partial charge in [0.1, 0.15) is 0 Å². The summed E-state index contributed by atoms with van der Waals surface area (Å²) in [5.41, 5.74) is 0.817. The first kappa shape index (κ1) is 17.0. The summed E-state index contributed by atoms with van der Waals surface area (Å²) < 4.78 is 1.46. The van der Waals surface area contributed by atoms with Crippen molar-refractivity contribution in [3.63, 3.8) is 0 Å². The Bertz CT molecular complexity index is 832. The number of carbonyl (C=O) groups is 1. The number of rotatable bonds is 7. The second-order valence-corrected chi connectivity index (χ2v) is 7.49. The zero-order chi connectivity index (χ0) is 16.9. The summed E-state index contributed by atoms with van der Waals surface area (Å²) in [5, 5.41) is 11.4. The highest BCUT2D eigenvalue weighted by molar-refractivity contribution is 7.99. The summed E-state index contributed by atoms with van der Waals surface area (Å²) in [5.74, 6) is 7.56. The molecular formula is C16H15ClN4OS2. The monoisotopic (exact) mass is 378 g/mol. The van der Waals surface area contributed by atoms with Crippen LogP contribution in [0.1, 0.15) is 22.5 Å². The Kier molecular flexibility index (Phi) is 5.55. The molecule has 0 saturated heterocycles. The number of hydrogen-bond acceptors (Lipinski definition) is 6. The van der Waals surface area contributed by atoms with Crippen molar-refractivity contribution in [1.82, 2.24) is 14.9 Å². The predicted molar refractivity (Wildman–Crippen MR) is 99.2 cm³/mol. The average Bonchev–Trinajstić information content (AvgIpc) is 3.22. The fourth-order valence-corrected chi connectivity index (χ4v) is 3.84. The third kappa shape index (κ3) is 3.98. The Morgan fingerprint density at radius 1 is 1.29 bits per heavy atom. The number of halogens is 1. The van der Waals surface area contributed by atoms with E-state index in [1.165, 1.54) is 27.8 Å². The van der Waals surface area contributed by atoms with Crippen LogP contribution in [-0.4, -0.2) is 26.4 Å². The van der Waals surface area contributed by atoms with Gasteiger partial charge in [0, 0.05) is 22.8 Å². The maximum atomic E-state index is 11.9. The fraction of sp³-hybridized carbons (Fsp3) is 0.188. The fourth-order valence-electron chi connectivity index (χ4n) is 2.16. The lowest BCUT2D eigenvalue weighted by molar-refractivity contribution is 0.0986. The largest absolute Gasteiger partial charge is 0.335 e. The average molecular weight is 379 g/mol. The summed E-state index contributed by atoms with van der Waals surface area (Å²) in [6.45, 7) is 0. The Labute approximate surface area is 152 Å². The normalized spacial score (nSPS) is 10.9. The molecule has 0 radical (unpaired) electrons. The van der Waals surface area contributed by atoms with Gasteiger partial charge in [0.05, 0.1) is 4.88 Å². The highest BCUT2D eigenvalue weighted by Crippen LogP contribution is 2.24. The molecular weight excluding hydrogens is 364 g/mol. The molecule has 1 aromatic carbocycles. The number of hydrogen-bond donors (Lipinski definition) is 1. The molecule has 0 aliphatic rings. The summed E-state index contributed by atoms with van der Waals surface area (Å²) in [7, 11) is 0. The summed E-state index contributed by atoms with van der Waals surface area (Å²) in [6, 6.07) is 11.1. The van der Waals surface area contributed by atoms with Crippen LogP contribution in [0.2, 0.25) is 5.02 Å². The second kappa shape index (κ2) is 7.83. The van der Waals surface area contributed by atoms with E-state index < -0.39 is 0 Å². The van der Waals surface area contributed by atoms with E-state index in [0.717, 1.165) is 22.6 Å². The van der Waals surface area contributed by atoms with E-state index in [4.69, 9.17) is 17.4 Å². The van der Waals surface area contributed by atoms with Crippen molar-refractivity contribution in [3.05, 3.63) is 51.7 Å². The molecule has 0 amide bonds. The summed E-state index contributed by atoms with van der Waals surface area (Å²) in [6.07, 6.45) is 1.29. The molecule has 0 fully saturated rings. The van der Waals surface area contributed by atoms with Crippen molar-refractivity contribution < 1.29 is 4.79 Å². The molecule has 5 nitrogen and oxygen atoms in total. The van der Waals surface area contributed by atoms with Gasteiger partial charge in [-0.15, -0.1) is 21.5 Å². The van der Waals surface area contributed by atoms with Crippen molar-refractivity contribution in [1.29, 1.82) is 0 Å². The number of benzene rings is 1. The first-order valence-corrected chi connectivity index (χ1v) is 9.55. The second-order valence-electron chi connectivity index (χ2n) is 5.04. The molecule has 2 heterocycles. The minimum Gasteiger partial charge on any atom is -0.335 e. The molecule has 2 aromatic heterocycles. The number of carbonyl (C=O) groups excluding carboxylic acids is 1. The first-order valence-electron chi connectivity index (χ1n) is 7.31. The number of thioether (sulfide) groups is 1. The van der Waals surface area contributed by atoms with Crippen molar-refractivity contribution in [2.75, 3.05) is 11.6 Å². The molecule has 0 spiro atoms. The van der Waals surface area contributed by atoms with Gasteiger partial charge in [0.25, 0.3) is 0 Å². The van der Waals surface area contributed by atoms with Crippen molar-refractivity contribution >= 4 is 40.5 Å². The topological polar surface area (TPSA) is 73.8 Å². The highest BCUT2D eigenvalue weighted by atomic mass is 35.5. The molecule has 0 saturated carbocycles.